The Morgan fingerprint density at radius 2 is 1.93 bits per heavy atom. The lowest BCUT2D eigenvalue weighted by atomic mass is 10.1. The largest absolute Gasteiger partial charge is 0.416 e. The Kier molecular flexibility index (Phi) is 5.66. The van der Waals surface area contributed by atoms with E-state index in [0.29, 0.717) is 11.3 Å². The number of amides is 1. The number of fused-ring (bicyclic) bond motifs is 1. The van der Waals surface area contributed by atoms with E-state index >= 15 is 0 Å². The van der Waals surface area contributed by atoms with E-state index in [9.17, 15) is 18.0 Å². The fourth-order valence-corrected chi connectivity index (χ4v) is 4.82. The van der Waals surface area contributed by atoms with Crippen LogP contribution in [0.4, 0.5) is 13.2 Å². The number of carbonyl (C=O) groups excluding carboxylic acids is 1. The van der Waals surface area contributed by atoms with Crippen molar-refractivity contribution in [3.8, 4) is 0 Å². The maximum absolute atomic E-state index is 12.9. The van der Waals surface area contributed by atoms with E-state index in [2.05, 4.69) is 26.2 Å². The van der Waals surface area contributed by atoms with Gasteiger partial charge in [0.2, 0.25) is 0 Å². The first-order valence-electron chi connectivity index (χ1n) is 8.93. The molecule has 0 aliphatic carbocycles. The maximum atomic E-state index is 12.9. The Hall–Kier alpha value is -2.65. The zero-order valence-corrected chi connectivity index (χ0v) is 17.8. The Morgan fingerprint density at radius 3 is 2.60 bits per heavy atom. The SMILES string of the molecule is O=C(NCc1ccccn1)c1cc2scc(Br)c2n1Cc1ccc(C(F)(F)F)cc1. The van der Waals surface area contributed by atoms with Gasteiger partial charge in [0.1, 0.15) is 5.69 Å². The van der Waals surface area contributed by atoms with E-state index in [1.54, 1.807) is 18.3 Å². The highest BCUT2D eigenvalue weighted by Gasteiger charge is 2.30. The highest BCUT2D eigenvalue weighted by molar-refractivity contribution is 9.10. The topological polar surface area (TPSA) is 46.9 Å². The Bertz CT molecular complexity index is 1180. The van der Waals surface area contributed by atoms with Crippen LogP contribution >= 0.6 is 27.3 Å². The average Bonchev–Trinajstić information content (AvgIpc) is 3.27. The van der Waals surface area contributed by atoms with Crippen LogP contribution in [0.25, 0.3) is 10.2 Å². The fraction of sp³-hybridized carbons (Fsp3) is 0.143. The molecule has 1 amide bonds. The lowest BCUT2D eigenvalue weighted by molar-refractivity contribution is -0.137. The van der Waals surface area contributed by atoms with E-state index in [1.165, 1.54) is 23.5 Å². The number of pyridine rings is 1. The van der Waals surface area contributed by atoms with Gasteiger partial charge in [-0.25, -0.2) is 0 Å². The molecule has 0 unspecified atom stereocenters. The minimum Gasteiger partial charge on any atom is -0.345 e. The predicted molar refractivity (Wildman–Crippen MR) is 113 cm³/mol. The molecule has 0 saturated heterocycles. The monoisotopic (exact) mass is 493 g/mol. The Morgan fingerprint density at radius 1 is 1.17 bits per heavy atom. The molecule has 3 aromatic heterocycles. The van der Waals surface area contributed by atoms with Crippen molar-refractivity contribution >= 4 is 43.4 Å². The third kappa shape index (κ3) is 4.27. The number of rotatable bonds is 5. The number of hydrogen-bond donors (Lipinski definition) is 1. The van der Waals surface area contributed by atoms with Gasteiger partial charge in [0.05, 0.1) is 32.5 Å². The van der Waals surface area contributed by atoms with Crippen LogP contribution in [0, 0.1) is 0 Å². The van der Waals surface area contributed by atoms with Gasteiger partial charge >= 0.3 is 6.18 Å². The second-order valence-electron chi connectivity index (χ2n) is 6.61. The molecule has 30 heavy (non-hydrogen) atoms. The van der Waals surface area contributed by atoms with Crippen LogP contribution < -0.4 is 5.32 Å². The summed E-state index contributed by atoms with van der Waals surface area (Å²) in [5, 5.41) is 4.78. The molecule has 4 aromatic rings. The molecule has 1 aromatic carbocycles. The molecule has 0 aliphatic rings. The summed E-state index contributed by atoms with van der Waals surface area (Å²) in [5.74, 6) is -0.275. The molecular weight excluding hydrogens is 479 g/mol. The first-order valence-corrected chi connectivity index (χ1v) is 10.6. The van der Waals surface area contributed by atoms with Gasteiger partial charge in [-0.3, -0.25) is 9.78 Å². The van der Waals surface area contributed by atoms with Crippen molar-refractivity contribution < 1.29 is 18.0 Å². The van der Waals surface area contributed by atoms with E-state index < -0.39 is 11.7 Å². The van der Waals surface area contributed by atoms with E-state index in [-0.39, 0.29) is 19.0 Å². The number of carbonyl (C=O) groups is 1. The van der Waals surface area contributed by atoms with Crippen LogP contribution in [0.2, 0.25) is 0 Å². The number of benzene rings is 1. The van der Waals surface area contributed by atoms with Crippen LogP contribution in [-0.4, -0.2) is 15.5 Å². The number of alkyl halides is 3. The van der Waals surface area contributed by atoms with E-state index in [0.717, 1.165) is 32.5 Å². The molecule has 4 rings (SSSR count). The summed E-state index contributed by atoms with van der Waals surface area (Å²) in [5.41, 5.74) is 1.97. The number of nitrogens with zero attached hydrogens (tertiary/aromatic N) is 2. The first kappa shape index (κ1) is 20.6. The molecule has 0 saturated carbocycles. The summed E-state index contributed by atoms with van der Waals surface area (Å²) in [7, 11) is 0. The molecule has 0 spiro atoms. The van der Waals surface area contributed by atoms with Crippen LogP contribution in [0.1, 0.15) is 27.3 Å². The van der Waals surface area contributed by atoms with Crippen molar-refractivity contribution in [2.45, 2.75) is 19.3 Å². The minimum atomic E-state index is -4.38. The van der Waals surface area contributed by atoms with Gasteiger partial charge in [0, 0.05) is 18.1 Å². The highest BCUT2D eigenvalue weighted by Crippen LogP contribution is 2.34. The summed E-state index contributed by atoms with van der Waals surface area (Å²) >= 11 is 4.99. The molecule has 4 nitrogen and oxygen atoms in total. The molecule has 1 N–H and O–H groups in total. The lowest BCUT2D eigenvalue weighted by Gasteiger charge is -2.12. The number of nitrogens with one attached hydrogen (secondary N) is 1. The zero-order valence-electron chi connectivity index (χ0n) is 15.4. The summed E-state index contributed by atoms with van der Waals surface area (Å²) in [4.78, 5) is 17.1. The normalized spacial score (nSPS) is 11.7. The third-order valence-corrected chi connectivity index (χ3v) is 6.41. The van der Waals surface area contributed by atoms with Crippen molar-refractivity contribution in [1.82, 2.24) is 14.9 Å². The molecular formula is C21H15BrF3N3OS. The van der Waals surface area contributed by atoms with Gasteiger partial charge in [-0.05, 0) is 51.8 Å². The summed E-state index contributed by atoms with van der Waals surface area (Å²) in [6, 6.07) is 12.2. The van der Waals surface area contributed by atoms with Gasteiger partial charge in [-0.15, -0.1) is 11.3 Å². The smallest absolute Gasteiger partial charge is 0.345 e. The Balaban J connectivity index is 1.63. The van der Waals surface area contributed by atoms with Crippen molar-refractivity contribution in [3.05, 3.63) is 87.1 Å². The number of aromatic nitrogens is 2. The number of thiophene rings is 1. The average molecular weight is 494 g/mol. The molecule has 154 valence electrons. The standard InChI is InChI=1S/C21H15BrF3N3OS/c22-16-12-30-18-9-17(20(29)27-10-15-3-1-2-8-26-15)28(19(16)18)11-13-4-6-14(7-5-13)21(23,24)25/h1-9,12H,10-11H2,(H,27,29). The van der Waals surface area contributed by atoms with Gasteiger partial charge in [-0.2, -0.15) is 13.2 Å². The first-order chi connectivity index (χ1) is 14.3. The summed E-state index contributed by atoms with van der Waals surface area (Å²) in [6.45, 7) is 0.545. The number of hydrogen-bond acceptors (Lipinski definition) is 3. The van der Waals surface area contributed by atoms with Gasteiger partial charge in [0.25, 0.3) is 5.91 Å². The molecule has 3 heterocycles. The van der Waals surface area contributed by atoms with Gasteiger partial charge in [0.15, 0.2) is 0 Å². The third-order valence-electron chi connectivity index (χ3n) is 4.59. The van der Waals surface area contributed by atoms with Crippen molar-refractivity contribution in [1.29, 1.82) is 0 Å². The maximum Gasteiger partial charge on any atom is 0.416 e. The lowest BCUT2D eigenvalue weighted by Crippen LogP contribution is -2.26. The van der Waals surface area contributed by atoms with Crippen LogP contribution in [-0.2, 0) is 19.3 Å². The second kappa shape index (κ2) is 8.23. The summed E-state index contributed by atoms with van der Waals surface area (Å²) < 4.78 is 42.1. The van der Waals surface area contributed by atoms with Crippen LogP contribution in [0.15, 0.2) is 64.6 Å². The van der Waals surface area contributed by atoms with Crippen molar-refractivity contribution in [2.75, 3.05) is 0 Å². The van der Waals surface area contributed by atoms with Crippen LogP contribution in [0.5, 0.6) is 0 Å². The number of halogens is 4. The zero-order chi connectivity index (χ0) is 21.3. The van der Waals surface area contributed by atoms with Crippen LogP contribution in [0.3, 0.4) is 0 Å². The molecule has 0 fully saturated rings. The Labute approximate surface area is 182 Å². The summed E-state index contributed by atoms with van der Waals surface area (Å²) in [6.07, 6.45) is -2.73. The second-order valence-corrected chi connectivity index (χ2v) is 8.38. The quantitative estimate of drug-likeness (QED) is 0.378. The van der Waals surface area contributed by atoms with E-state index in [4.69, 9.17) is 0 Å². The van der Waals surface area contributed by atoms with E-state index in [1.807, 2.05) is 22.1 Å². The molecule has 0 radical (unpaired) electrons. The van der Waals surface area contributed by atoms with Gasteiger partial charge in [-0.1, -0.05) is 18.2 Å². The van der Waals surface area contributed by atoms with Gasteiger partial charge < -0.3 is 9.88 Å². The molecule has 0 atom stereocenters. The molecule has 0 aliphatic heterocycles. The minimum absolute atomic E-state index is 0.267. The highest BCUT2D eigenvalue weighted by atomic mass is 79.9. The van der Waals surface area contributed by atoms with Crippen molar-refractivity contribution in [2.24, 2.45) is 0 Å². The predicted octanol–water partition coefficient (Wildman–Crippen LogP) is 5.86. The van der Waals surface area contributed by atoms with Crippen molar-refractivity contribution in [3.63, 3.8) is 0 Å². The molecule has 9 heteroatoms. The fourth-order valence-electron chi connectivity index (χ4n) is 3.13. The molecule has 0 bridgehead atoms.